The van der Waals surface area contributed by atoms with Crippen molar-refractivity contribution in [3.8, 4) is 5.75 Å². The van der Waals surface area contributed by atoms with E-state index in [0.29, 0.717) is 31.7 Å². The van der Waals surface area contributed by atoms with E-state index in [-0.39, 0.29) is 18.3 Å². The molecule has 1 N–H and O–H groups in total. The van der Waals surface area contributed by atoms with Crippen molar-refractivity contribution in [1.29, 1.82) is 0 Å². The first-order valence-corrected chi connectivity index (χ1v) is 7.79. The third-order valence-corrected chi connectivity index (χ3v) is 3.05. The average molecular weight is 307 g/mol. The number of carbonyl (C=O) groups excluding carboxylic acids is 2. The van der Waals surface area contributed by atoms with Gasteiger partial charge >= 0.3 is 5.97 Å². The summed E-state index contributed by atoms with van der Waals surface area (Å²) in [6, 6.07) is 7.17. The van der Waals surface area contributed by atoms with Crippen LogP contribution in [0.4, 0.5) is 0 Å². The Morgan fingerprint density at radius 1 is 1.14 bits per heavy atom. The Balaban J connectivity index is 2.29. The van der Waals surface area contributed by atoms with Gasteiger partial charge in [-0.05, 0) is 37.6 Å². The van der Waals surface area contributed by atoms with Gasteiger partial charge in [0.2, 0.25) is 0 Å². The van der Waals surface area contributed by atoms with E-state index in [4.69, 9.17) is 9.47 Å². The second kappa shape index (κ2) is 10.8. The zero-order chi connectivity index (χ0) is 16.2. The summed E-state index contributed by atoms with van der Waals surface area (Å²) >= 11 is 0. The van der Waals surface area contributed by atoms with Crippen LogP contribution in [0.15, 0.2) is 24.3 Å². The molecule has 0 aliphatic rings. The molecule has 0 spiro atoms. The summed E-state index contributed by atoms with van der Waals surface area (Å²) in [7, 11) is 0. The number of ketones is 1. The van der Waals surface area contributed by atoms with Gasteiger partial charge in [0, 0.05) is 18.5 Å². The summed E-state index contributed by atoms with van der Waals surface area (Å²) in [5.41, 5.74) is 0.653. The van der Waals surface area contributed by atoms with Crippen molar-refractivity contribution in [3.63, 3.8) is 0 Å². The fraction of sp³-hybridized carbons (Fsp3) is 0.529. The first-order valence-electron chi connectivity index (χ1n) is 7.79. The number of nitrogens with one attached hydrogen (secondary N) is 1. The minimum absolute atomic E-state index is 0.0384. The maximum absolute atomic E-state index is 12.0. The summed E-state index contributed by atoms with van der Waals surface area (Å²) in [6.45, 7) is 5.52. The lowest BCUT2D eigenvalue weighted by Gasteiger charge is -2.07. The van der Waals surface area contributed by atoms with Crippen LogP contribution in [-0.4, -0.2) is 38.1 Å². The van der Waals surface area contributed by atoms with Crippen LogP contribution >= 0.6 is 0 Å². The number of unbranched alkanes of at least 4 members (excludes halogenated alkanes) is 1. The highest BCUT2D eigenvalue weighted by Crippen LogP contribution is 2.13. The Hall–Kier alpha value is -1.88. The molecule has 1 aromatic rings. The summed E-state index contributed by atoms with van der Waals surface area (Å²) in [5, 5.41) is 2.90. The Morgan fingerprint density at radius 2 is 1.86 bits per heavy atom. The van der Waals surface area contributed by atoms with Crippen LogP contribution in [0, 0.1) is 0 Å². The predicted molar refractivity (Wildman–Crippen MR) is 85.3 cm³/mol. The van der Waals surface area contributed by atoms with Gasteiger partial charge in [0.1, 0.15) is 5.75 Å². The fourth-order valence-corrected chi connectivity index (χ4v) is 1.82. The van der Waals surface area contributed by atoms with Gasteiger partial charge in [-0.25, -0.2) is 0 Å². The van der Waals surface area contributed by atoms with Gasteiger partial charge in [-0.3, -0.25) is 9.59 Å². The molecule has 0 aliphatic heterocycles. The lowest BCUT2D eigenvalue weighted by Crippen LogP contribution is -2.26. The SMILES string of the molecule is CCCCOc1ccc(C(=O)CCNCC(=O)OCC)cc1. The molecule has 0 unspecified atom stereocenters. The molecular weight excluding hydrogens is 282 g/mol. The molecule has 0 aliphatic carbocycles. The highest BCUT2D eigenvalue weighted by Gasteiger charge is 2.07. The normalized spacial score (nSPS) is 10.3. The van der Waals surface area contributed by atoms with E-state index < -0.39 is 0 Å². The lowest BCUT2D eigenvalue weighted by molar-refractivity contribution is -0.141. The van der Waals surface area contributed by atoms with Crippen molar-refractivity contribution in [3.05, 3.63) is 29.8 Å². The second-order valence-electron chi connectivity index (χ2n) is 4.88. The van der Waals surface area contributed by atoms with Crippen molar-refractivity contribution in [1.82, 2.24) is 5.32 Å². The monoisotopic (exact) mass is 307 g/mol. The van der Waals surface area contributed by atoms with E-state index in [2.05, 4.69) is 12.2 Å². The van der Waals surface area contributed by atoms with E-state index in [1.807, 2.05) is 12.1 Å². The van der Waals surface area contributed by atoms with E-state index >= 15 is 0 Å². The number of hydrogen-bond acceptors (Lipinski definition) is 5. The molecule has 1 rings (SSSR count). The van der Waals surface area contributed by atoms with Gasteiger partial charge in [0.25, 0.3) is 0 Å². The van der Waals surface area contributed by atoms with Gasteiger partial charge in [0.15, 0.2) is 5.78 Å². The number of hydrogen-bond donors (Lipinski definition) is 1. The van der Waals surface area contributed by atoms with Crippen molar-refractivity contribution < 1.29 is 19.1 Å². The molecular formula is C17H25NO4. The fourth-order valence-electron chi connectivity index (χ4n) is 1.82. The van der Waals surface area contributed by atoms with Gasteiger partial charge in [-0.1, -0.05) is 13.3 Å². The first kappa shape index (κ1) is 18.2. The Labute approximate surface area is 132 Å². The third-order valence-electron chi connectivity index (χ3n) is 3.05. The maximum atomic E-state index is 12.0. The van der Waals surface area contributed by atoms with Crippen molar-refractivity contribution in [2.75, 3.05) is 26.3 Å². The molecule has 0 bridgehead atoms. The van der Waals surface area contributed by atoms with Crippen LogP contribution < -0.4 is 10.1 Å². The van der Waals surface area contributed by atoms with Gasteiger partial charge < -0.3 is 14.8 Å². The molecule has 5 nitrogen and oxygen atoms in total. The number of Topliss-reactive ketones (excluding diaryl/α,β-unsaturated/α-hetero) is 1. The molecule has 22 heavy (non-hydrogen) atoms. The number of benzene rings is 1. The average Bonchev–Trinajstić information content (AvgIpc) is 2.52. The predicted octanol–water partition coefficient (Wildman–Crippen LogP) is 2.59. The highest BCUT2D eigenvalue weighted by molar-refractivity contribution is 5.96. The topological polar surface area (TPSA) is 64.6 Å². The molecule has 1 aromatic carbocycles. The van der Waals surface area contributed by atoms with E-state index in [0.717, 1.165) is 18.6 Å². The molecule has 0 saturated carbocycles. The Morgan fingerprint density at radius 3 is 2.50 bits per heavy atom. The number of ether oxygens (including phenoxy) is 2. The van der Waals surface area contributed by atoms with E-state index in [9.17, 15) is 9.59 Å². The molecule has 122 valence electrons. The van der Waals surface area contributed by atoms with Gasteiger partial charge in [0.05, 0.1) is 19.8 Å². The molecule has 0 atom stereocenters. The minimum Gasteiger partial charge on any atom is -0.494 e. The summed E-state index contributed by atoms with van der Waals surface area (Å²) < 4.78 is 10.3. The standard InChI is InChI=1S/C17H25NO4/c1-3-5-12-22-15-8-6-14(7-9-15)16(19)10-11-18-13-17(20)21-4-2/h6-9,18H,3-5,10-13H2,1-2H3. The zero-order valence-corrected chi connectivity index (χ0v) is 13.4. The summed E-state index contributed by atoms with van der Waals surface area (Å²) in [5.74, 6) is 0.519. The number of esters is 1. The lowest BCUT2D eigenvalue weighted by atomic mass is 10.1. The molecule has 5 heteroatoms. The van der Waals surface area contributed by atoms with E-state index in [1.165, 1.54) is 0 Å². The molecule has 0 radical (unpaired) electrons. The minimum atomic E-state index is -0.302. The first-order chi connectivity index (χ1) is 10.7. The second-order valence-corrected chi connectivity index (χ2v) is 4.88. The van der Waals surface area contributed by atoms with Crippen LogP contribution in [0.3, 0.4) is 0 Å². The van der Waals surface area contributed by atoms with Crippen LogP contribution in [0.1, 0.15) is 43.5 Å². The zero-order valence-electron chi connectivity index (χ0n) is 13.4. The molecule has 0 fully saturated rings. The van der Waals surface area contributed by atoms with Crippen LogP contribution in [0.5, 0.6) is 5.75 Å². The summed E-state index contributed by atoms with van der Waals surface area (Å²) in [4.78, 5) is 23.1. The van der Waals surface area contributed by atoms with Gasteiger partial charge in [-0.2, -0.15) is 0 Å². The smallest absolute Gasteiger partial charge is 0.319 e. The quantitative estimate of drug-likeness (QED) is 0.387. The van der Waals surface area contributed by atoms with Crippen molar-refractivity contribution >= 4 is 11.8 Å². The number of carbonyl (C=O) groups is 2. The molecule has 0 saturated heterocycles. The summed E-state index contributed by atoms with van der Waals surface area (Å²) in [6.07, 6.45) is 2.46. The maximum Gasteiger partial charge on any atom is 0.319 e. The van der Waals surface area contributed by atoms with Gasteiger partial charge in [-0.15, -0.1) is 0 Å². The largest absolute Gasteiger partial charge is 0.494 e. The van der Waals surface area contributed by atoms with Crippen LogP contribution in [-0.2, 0) is 9.53 Å². The van der Waals surface area contributed by atoms with Crippen LogP contribution in [0.2, 0.25) is 0 Å². The van der Waals surface area contributed by atoms with Crippen molar-refractivity contribution in [2.45, 2.75) is 33.1 Å². The van der Waals surface area contributed by atoms with E-state index in [1.54, 1.807) is 19.1 Å². The molecule has 0 amide bonds. The third kappa shape index (κ3) is 7.22. The Kier molecular flexibility index (Phi) is 8.91. The number of rotatable bonds is 11. The van der Waals surface area contributed by atoms with Crippen molar-refractivity contribution in [2.24, 2.45) is 0 Å². The van der Waals surface area contributed by atoms with Crippen LogP contribution in [0.25, 0.3) is 0 Å². The molecule has 0 heterocycles. The molecule has 0 aromatic heterocycles. The Bertz CT molecular complexity index is 456. The highest BCUT2D eigenvalue weighted by atomic mass is 16.5.